The van der Waals surface area contributed by atoms with Gasteiger partial charge in [0, 0.05) is 19.9 Å². The summed E-state index contributed by atoms with van der Waals surface area (Å²) in [7, 11) is 0. The fourth-order valence-electron chi connectivity index (χ4n) is 2.46. The molecule has 1 atom stereocenters. The van der Waals surface area contributed by atoms with E-state index in [1.54, 1.807) is 11.0 Å². The van der Waals surface area contributed by atoms with Crippen molar-refractivity contribution in [3.05, 3.63) is 23.8 Å². The molecule has 1 aromatic rings. The van der Waals surface area contributed by atoms with Gasteiger partial charge in [-0.05, 0) is 31.4 Å². The maximum atomic E-state index is 11.8. The van der Waals surface area contributed by atoms with E-state index in [4.69, 9.17) is 4.74 Å². The van der Waals surface area contributed by atoms with Crippen LogP contribution < -0.4 is 9.64 Å². The van der Waals surface area contributed by atoms with Crippen molar-refractivity contribution in [1.82, 2.24) is 0 Å². The summed E-state index contributed by atoms with van der Waals surface area (Å²) in [5, 5.41) is 0. The number of carbonyl (C=O) groups is 2. The lowest BCUT2D eigenvalue weighted by Gasteiger charge is -2.35. The first-order valence-corrected chi connectivity index (χ1v) is 6.11. The zero-order chi connectivity index (χ0) is 13.3. The fourth-order valence-corrected chi connectivity index (χ4v) is 2.46. The number of rotatable bonds is 1. The van der Waals surface area contributed by atoms with Crippen LogP contribution in [-0.4, -0.2) is 17.9 Å². The number of hydrogen-bond donors (Lipinski definition) is 0. The summed E-state index contributed by atoms with van der Waals surface area (Å²) in [5.41, 5.74) is 1.81. The molecular weight excluding hydrogens is 230 g/mol. The van der Waals surface area contributed by atoms with Gasteiger partial charge in [-0.15, -0.1) is 0 Å². The van der Waals surface area contributed by atoms with Crippen molar-refractivity contribution in [2.75, 3.05) is 4.90 Å². The molecule has 1 aliphatic heterocycles. The van der Waals surface area contributed by atoms with Crippen LogP contribution in [0.2, 0.25) is 0 Å². The Morgan fingerprint density at radius 3 is 2.67 bits per heavy atom. The number of amides is 1. The molecule has 0 radical (unpaired) electrons. The SMILES string of the molecule is CC(=O)Oc1cccc2c1N(C(C)=O)C(C)CC2. The van der Waals surface area contributed by atoms with Crippen LogP contribution in [-0.2, 0) is 16.0 Å². The van der Waals surface area contributed by atoms with Crippen molar-refractivity contribution in [1.29, 1.82) is 0 Å². The van der Waals surface area contributed by atoms with Crippen LogP contribution in [0, 0.1) is 0 Å². The number of aryl methyl sites for hydroxylation is 1. The minimum absolute atomic E-state index is 0.0250. The molecule has 1 amide bonds. The smallest absolute Gasteiger partial charge is 0.308 e. The molecule has 4 nitrogen and oxygen atoms in total. The molecule has 0 N–H and O–H groups in total. The van der Waals surface area contributed by atoms with Gasteiger partial charge in [-0.1, -0.05) is 12.1 Å². The number of carbonyl (C=O) groups excluding carboxylic acids is 2. The van der Waals surface area contributed by atoms with E-state index in [9.17, 15) is 9.59 Å². The summed E-state index contributed by atoms with van der Waals surface area (Å²) < 4.78 is 5.21. The molecule has 18 heavy (non-hydrogen) atoms. The Balaban J connectivity index is 2.53. The second-order valence-corrected chi connectivity index (χ2v) is 4.63. The van der Waals surface area contributed by atoms with Crippen molar-refractivity contribution < 1.29 is 14.3 Å². The molecule has 1 aliphatic rings. The first kappa shape index (κ1) is 12.6. The molecule has 0 fully saturated rings. The number of esters is 1. The van der Waals surface area contributed by atoms with Crippen LogP contribution in [0.1, 0.15) is 32.8 Å². The number of anilines is 1. The molecular formula is C14H17NO3. The number of para-hydroxylation sites is 1. The van der Waals surface area contributed by atoms with Gasteiger partial charge in [0.25, 0.3) is 0 Å². The van der Waals surface area contributed by atoms with Crippen LogP contribution in [0.3, 0.4) is 0 Å². The van der Waals surface area contributed by atoms with Crippen LogP contribution in [0.4, 0.5) is 5.69 Å². The molecule has 1 unspecified atom stereocenters. The molecule has 1 heterocycles. The van der Waals surface area contributed by atoms with Crippen molar-refractivity contribution in [2.45, 2.75) is 39.7 Å². The quantitative estimate of drug-likeness (QED) is 0.565. The highest BCUT2D eigenvalue weighted by atomic mass is 16.5. The number of hydrogen-bond acceptors (Lipinski definition) is 3. The monoisotopic (exact) mass is 247 g/mol. The number of fused-ring (bicyclic) bond motifs is 1. The van der Waals surface area contributed by atoms with Crippen LogP contribution in [0.5, 0.6) is 5.75 Å². The summed E-state index contributed by atoms with van der Waals surface area (Å²) in [6.45, 7) is 4.91. The normalized spacial score (nSPS) is 18.2. The van der Waals surface area contributed by atoms with Gasteiger partial charge >= 0.3 is 5.97 Å². The summed E-state index contributed by atoms with van der Waals surface area (Å²) in [6.07, 6.45) is 1.82. The van der Waals surface area contributed by atoms with Gasteiger partial charge in [0.1, 0.15) is 0 Å². The highest BCUT2D eigenvalue weighted by Crippen LogP contribution is 2.38. The van der Waals surface area contributed by atoms with Crippen molar-refractivity contribution in [3.8, 4) is 5.75 Å². The predicted molar refractivity (Wildman–Crippen MR) is 68.7 cm³/mol. The highest BCUT2D eigenvalue weighted by Gasteiger charge is 2.29. The fraction of sp³-hybridized carbons (Fsp3) is 0.429. The Kier molecular flexibility index (Phi) is 3.36. The predicted octanol–water partition coefficient (Wildman–Crippen LogP) is 2.30. The minimum Gasteiger partial charge on any atom is -0.424 e. The van der Waals surface area contributed by atoms with E-state index in [-0.39, 0.29) is 17.9 Å². The Labute approximate surface area is 107 Å². The topological polar surface area (TPSA) is 46.6 Å². The van der Waals surface area contributed by atoms with Gasteiger partial charge < -0.3 is 9.64 Å². The lowest BCUT2D eigenvalue weighted by Crippen LogP contribution is -2.41. The van der Waals surface area contributed by atoms with Gasteiger partial charge in [-0.25, -0.2) is 0 Å². The average Bonchev–Trinajstić information content (AvgIpc) is 2.28. The molecule has 0 saturated carbocycles. The third-order valence-corrected chi connectivity index (χ3v) is 3.19. The van der Waals surface area contributed by atoms with E-state index in [0.717, 1.165) is 24.1 Å². The van der Waals surface area contributed by atoms with Gasteiger partial charge in [-0.2, -0.15) is 0 Å². The van der Waals surface area contributed by atoms with E-state index < -0.39 is 0 Å². The maximum absolute atomic E-state index is 11.8. The van der Waals surface area contributed by atoms with Crippen LogP contribution in [0.15, 0.2) is 18.2 Å². The van der Waals surface area contributed by atoms with Crippen LogP contribution >= 0.6 is 0 Å². The average molecular weight is 247 g/mol. The van der Waals surface area contributed by atoms with E-state index in [1.165, 1.54) is 13.8 Å². The Morgan fingerprint density at radius 2 is 2.06 bits per heavy atom. The first-order chi connectivity index (χ1) is 8.50. The number of benzene rings is 1. The molecule has 1 aromatic carbocycles. The molecule has 0 bridgehead atoms. The molecule has 0 aromatic heterocycles. The Bertz CT molecular complexity index is 496. The lowest BCUT2D eigenvalue weighted by atomic mass is 9.96. The Hall–Kier alpha value is -1.84. The van der Waals surface area contributed by atoms with Gasteiger partial charge in [0.15, 0.2) is 5.75 Å². The van der Waals surface area contributed by atoms with E-state index >= 15 is 0 Å². The van der Waals surface area contributed by atoms with E-state index in [2.05, 4.69) is 0 Å². The molecule has 0 saturated heterocycles. The molecule has 0 spiro atoms. The first-order valence-electron chi connectivity index (χ1n) is 6.11. The molecule has 96 valence electrons. The maximum Gasteiger partial charge on any atom is 0.308 e. The summed E-state index contributed by atoms with van der Waals surface area (Å²) in [5.74, 6) is 0.0786. The van der Waals surface area contributed by atoms with Crippen LogP contribution in [0.25, 0.3) is 0 Å². The molecule has 4 heteroatoms. The standard InChI is InChI=1S/C14H17NO3/c1-9-7-8-12-5-4-6-13(18-11(3)17)14(12)15(9)10(2)16/h4-6,9H,7-8H2,1-3H3. The van der Waals surface area contributed by atoms with Gasteiger partial charge in [0.05, 0.1) is 5.69 Å². The second kappa shape index (κ2) is 4.80. The highest BCUT2D eigenvalue weighted by molar-refractivity contribution is 5.95. The number of ether oxygens (including phenoxy) is 1. The van der Waals surface area contributed by atoms with E-state index in [0.29, 0.717) is 5.75 Å². The van der Waals surface area contributed by atoms with Gasteiger partial charge in [0.2, 0.25) is 5.91 Å². The summed E-state index contributed by atoms with van der Waals surface area (Å²) in [6, 6.07) is 5.69. The lowest BCUT2D eigenvalue weighted by molar-refractivity contribution is -0.132. The number of nitrogens with zero attached hydrogens (tertiary/aromatic N) is 1. The second-order valence-electron chi connectivity index (χ2n) is 4.63. The summed E-state index contributed by atoms with van der Waals surface area (Å²) in [4.78, 5) is 24.6. The minimum atomic E-state index is -0.370. The molecule has 0 aliphatic carbocycles. The zero-order valence-electron chi connectivity index (χ0n) is 10.9. The largest absolute Gasteiger partial charge is 0.424 e. The summed E-state index contributed by atoms with van der Waals surface area (Å²) >= 11 is 0. The zero-order valence-corrected chi connectivity index (χ0v) is 10.9. The van der Waals surface area contributed by atoms with Crippen molar-refractivity contribution in [3.63, 3.8) is 0 Å². The van der Waals surface area contributed by atoms with Gasteiger partial charge in [-0.3, -0.25) is 9.59 Å². The Morgan fingerprint density at radius 1 is 1.33 bits per heavy atom. The van der Waals surface area contributed by atoms with Crippen molar-refractivity contribution >= 4 is 17.6 Å². The van der Waals surface area contributed by atoms with Crippen molar-refractivity contribution in [2.24, 2.45) is 0 Å². The van der Waals surface area contributed by atoms with E-state index in [1.807, 2.05) is 19.1 Å². The molecule has 2 rings (SSSR count). The third-order valence-electron chi connectivity index (χ3n) is 3.19. The third kappa shape index (κ3) is 2.23.